The predicted molar refractivity (Wildman–Crippen MR) is 107 cm³/mol. The van der Waals surface area contributed by atoms with E-state index in [0.29, 0.717) is 5.56 Å². The third-order valence-corrected chi connectivity index (χ3v) is 5.68. The first-order chi connectivity index (χ1) is 13.2. The zero-order chi connectivity index (χ0) is 18.6. The molecule has 142 valence electrons. The number of ether oxygens (including phenoxy) is 1. The average molecular weight is 365 g/mol. The molecule has 2 aliphatic rings. The minimum Gasteiger partial charge on any atom is -0.373 e. The van der Waals surface area contributed by atoms with Gasteiger partial charge in [0.05, 0.1) is 18.3 Å². The van der Waals surface area contributed by atoms with Crippen LogP contribution in [0.1, 0.15) is 34.0 Å². The van der Waals surface area contributed by atoms with Crippen LogP contribution in [0.4, 0.5) is 5.69 Å². The summed E-state index contributed by atoms with van der Waals surface area (Å²) in [6.45, 7) is 5.64. The van der Waals surface area contributed by atoms with Crippen LogP contribution in [-0.4, -0.2) is 50.1 Å². The monoisotopic (exact) mass is 365 g/mol. The standard InChI is InChI=1S/C22H27N3O2/c23-22(26)19-7-3-4-8-20(19)25-14-12-24(13-15-25)11-9-21-18-6-2-1-5-17(18)10-16-27-21/h1-8,21H,9-16H2,(H2,23,26)/t21-/m1/s1. The highest BCUT2D eigenvalue weighted by Gasteiger charge is 2.24. The van der Waals surface area contributed by atoms with E-state index in [1.807, 2.05) is 24.3 Å². The van der Waals surface area contributed by atoms with E-state index in [2.05, 4.69) is 34.1 Å². The lowest BCUT2D eigenvalue weighted by atomic mass is 9.95. The fourth-order valence-electron chi connectivity index (χ4n) is 4.19. The van der Waals surface area contributed by atoms with Gasteiger partial charge in [-0.15, -0.1) is 0 Å². The van der Waals surface area contributed by atoms with Crippen molar-refractivity contribution in [2.45, 2.75) is 18.9 Å². The van der Waals surface area contributed by atoms with Gasteiger partial charge in [-0.2, -0.15) is 0 Å². The maximum atomic E-state index is 11.7. The second-order valence-corrected chi connectivity index (χ2v) is 7.31. The summed E-state index contributed by atoms with van der Waals surface area (Å²) in [4.78, 5) is 16.4. The molecule has 5 nitrogen and oxygen atoms in total. The van der Waals surface area contributed by atoms with Gasteiger partial charge in [0, 0.05) is 38.4 Å². The van der Waals surface area contributed by atoms with E-state index in [0.717, 1.165) is 57.9 Å². The molecule has 0 aromatic heterocycles. The first-order valence-corrected chi connectivity index (χ1v) is 9.78. The molecule has 0 aliphatic carbocycles. The molecule has 2 aliphatic heterocycles. The summed E-state index contributed by atoms with van der Waals surface area (Å²) < 4.78 is 6.04. The van der Waals surface area contributed by atoms with Gasteiger partial charge in [0.25, 0.3) is 5.91 Å². The maximum Gasteiger partial charge on any atom is 0.250 e. The van der Waals surface area contributed by atoms with Gasteiger partial charge >= 0.3 is 0 Å². The highest BCUT2D eigenvalue weighted by atomic mass is 16.5. The van der Waals surface area contributed by atoms with Crippen molar-refractivity contribution in [1.82, 2.24) is 4.90 Å². The molecule has 5 heteroatoms. The lowest BCUT2D eigenvalue weighted by Crippen LogP contribution is -2.47. The van der Waals surface area contributed by atoms with Gasteiger partial charge in [0.1, 0.15) is 0 Å². The molecule has 0 saturated carbocycles. The zero-order valence-corrected chi connectivity index (χ0v) is 15.6. The molecule has 0 spiro atoms. The molecular weight excluding hydrogens is 338 g/mol. The van der Waals surface area contributed by atoms with E-state index >= 15 is 0 Å². The normalized spacial score (nSPS) is 20.3. The number of nitrogens with two attached hydrogens (primary N) is 1. The second-order valence-electron chi connectivity index (χ2n) is 7.31. The number of anilines is 1. The summed E-state index contributed by atoms with van der Waals surface area (Å²) in [5.41, 5.74) is 9.88. The second kappa shape index (κ2) is 8.11. The fraction of sp³-hybridized carbons (Fsp3) is 0.409. The first kappa shape index (κ1) is 18.0. The molecular formula is C22H27N3O2. The lowest BCUT2D eigenvalue weighted by molar-refractivity contribution is 0.0289. The Kier molecular flexibility index (Phi) is 5.41. The number of carbonyl (C=O) groups excluding carboxylic acids is 1. The number of carbonyl (C=O) groups is 1. The minimum absolute atomic E-state index is 0.212. The predicted octanol–water partition coefficient (Wildman–Crippen LogP) is 2.61. The van der Waals surface area contributed by atoms with Gasteiger partial charge in [-0.1, -0.05) is 36.4 Å². The van der Waals surface area contributed by atoms with E-state index in [1.54, 1.807) is 0 Å². The third-order valence-electron chi connectivity index (χ3n) is 5.68. The van der Waals surface area contributed by atoms with E-state index in [1.165, 1.54) is 11.1 Å². The largest absolute Gasteiger partial charge is 0.373 e. The molecule has 2 aromatic carbocycles. The molecule has 0 unspecified atom stereocenters. The van der Waals surface area contributed by atoms with E-state index in [-0.39, 0.29) is 12.0 Å². The number of amides is 1. The van der Waals surface area contributed by atoms with Crippen LogP contribution in [0.3, 0.4) is 0 Å². The van der Waals surface area contributed by atoms with Gasteiger partial charge in [-0.3, -0.25) is 9.69 Å². The van der Waals surface area contributed by atoms with Crippen molar-refractivity contribution in [2.24, 2.45) is 5.73 Å². The van der Waals surface area contributed by atoms with E-state index in [4.69, 9.17) is 10.5 Å². The third kappa shape index (κ3) is 3.99. The van der Waals surface area contributed by atoms with Gasteiger partial charge in [-0.25, -0.2) is 0 Å². The quantitative estimate of drug-likeness (QED) is 0.885. The summed E-state index contributed by atoms with van der Waals surface area (Å²) in [7, 11) is 0. The Balaban J connectivity index is 1.33. The molecule has 1 amide bonds. The summed E-state index contributed by atoms with van der Waals surface area (Å²) in [6.07, 6.45) is 2.25. The number of para-hydroxylation sites is 1. The number of nitrogens with zero attached hydrogens (tertiary/aromatic N) is 2. The number of hydrogen-bond acceptors (Lipinski definition) is 4. The number of primary amides is 1. The molecule has 2 heterocycles. The van der Waals surface area contributed by atoms with Gasteiger partial charge in [-0.05, 0) is 36.1 Å². The van der Waals surface area contributed by atoms with Crippen LogP contribution in [0.2, 0.25) is 0 Å². The number of hydrogen-bond donors (Lipinski definition) is 1. The van der Waals surface area contributed by atoms with E-state index < -0.39 is 0 Å². The molecule has 2 N–H and O–H groups in total. The topological polar surface area (TPSA) is 58.8 Å². The Labute approximate surface area is 160 Å². The number of fused-ring (bicyclic) bond motifs is 1. The highest BCUT2D eigenvalue weighted by molar-refractivity contribution is 5.98. The van der Waals surface area contributed by atoms with Crippen LogP contribution < -0.4 is 10.6 Å². The molecule has 0 radical (unpaired) electrons. The fourth-order valence-corrected chi connectivity index (χ4v) is 4.19. The van der Waals surface area contributed by atoms with Crippen LogP contribution in [-0.2, 0) is 11.2 Å². The zero-order valence-electron chi connectivity index (χ0n) is 15.6. The van der Waals surface area contributed by atoms with Crippen molar-refractivity contribution in [3.05, 3.63) is 65.2 Å². The Bertz CT molecular complexity index is 800. The Morgan fingerprint density at radius 2 is 1.78 bits per heavy atom. The van der Waals surface area contributed by atoms with Gasteiger partial charge in [0.2, 0.25) is 0 Å². The van der Waals surface area contributed by atoms with Crippen LogP contribution in [0.5, 0.6) is 0 Å². The van der Waals surface area contributed by atoms with Crippen molar-refractivity contribution in [3.8, 4) is 0 Å². The Hall–Kier alpha value is -2.37. The van der Waals surface area contributed by atoms with Crippen molar-refractivity contribution in [3.63, 3.8) is 0 Å². The van der Waals surface area contributed by atoms with Crippen molar-refractivity contribution in [2.75, 3.05) is 44.2 Å². The summed E-state index contributed by atoms with van der Waals surface area (Å²) in [5, 5.41) is 0. The number of piperazine rings is 1. The molecule has 27 heavy (non-hydrogen) atoms. The molecule has 1 atom stereocenters. The minimum atomic E-state index is -0.360. The van der Waals surface area contributed by atoms with Gasteiger partial charge in [0.15, 0.2) is 0 Å². The van der Waals surface area contributed by atoms with E-state index in [9.17, 15) is 4.79 Å². The number of rotatable bonds is 5. The van der Waals surface area contributed by atoms with Crippen molar-refractivity contribution < 1.29 is 9.53 Å². The maximum absolute atomic E-state index is 11.7. The summed E-state index contributed by atoms with van der Waals surface area (Å²) in [6, 6.07) is 16.3. The van der Waals surface area contributed by atoms with Crippen molar-refractivity contribution in [1.29, 1.82) is 0 Å². The first-order valence-electron chi connectivity index (χ1n) is 9.78. The molecule has 1 saturated heterocycles. The number of benzene rings is 2. The summed E-state index contributed by atoms with van der Waals surface area (Å²) in [5.74, 6) is -0.360. The summed E-state index contributed by atoms with van der Waals surface area (Å²) >= 11 is 0. The molecule has 1 fully saturated rings. The lowest BCUT2D eigenvalue weighted by Gasteiger charge is -2.37. The Morgan fingerprint density at radius 3 is 2.59 bits per heavy atom. The SMILES string of the molecule is NC(=O)c1ccccc1N1CCN(CC[C@H]2OCCc3ccccc32)CC1. The van der Waals surface area contributed by atoms with Crippen molar-refractivity contribution >= 4 is 11.6 Å². The smallest absolute Gasteiger partial charge is 0.250 e. The van der Waals surface area contributed by atoms with Crippen LogP contribution >= 0.6 is 0 Å². The van der Waals surface area contributed by atoms with Crippen LogP contribution in [0.25, 0.3) is 0 Å². The van der Waals surface area contributed by atoms with Crippen LogP contribution in [0.15, 0.2) is 48.5 Å². The molecule has 2 aromatic rings. The Morgan fingerprint density at radius 1 is 1.04 bits per heavy atom. The van der Waals surface area contributed by atoms with Gasteiger partial charge < -0.3 is 15.4 Å². The molecule has 4 rings (SSSR count). The average Bonchev–Trinajstić information content (AvgIpc) is 2.72. The van der Waals surface area contributed by atoms with Crippen LogP contribution in [0, 0.1) is 0 Å². The highest BCUT2D eigenvalue weighted by Crippen LogP contribution is 2.30. The molecule has 0 bridgehead atoms.